The molecule has 0 bridgehead atoms. The van der Waals surface area contributed by atoms with E-state index in [1.807, 2.05) is 14.1 Å². The molecule has 18 heavy (non-hydrogen) atoms. The molecule has 0 saturated carbocycles. The Morgan fingerprint density at radius 2 is 1.89 bits per heavy atom. The van der Waals surface area contributed by atoms with Gasteiger partial charge in [-0.25, -0.2) is 0 Å². The van der Waals surface area contributed by atoms with Crippen LogP contribution in [0.1, 0.15) is 13.3 Å². The largest absolute Gasteiger partial charge is 0.396 e. The lowest BCUT2D eigenvalue weighted by molar-refractivity contribution is 0.260. The second-order valence-electron chi connectivity index (χ2n) is 5.23. The van der Waals surface area contributed by atoms with Crippen LogP contribution >= 0.6 is 0 Å². The molecular weight excluding hydrogens is 254 g/mol. The van der Waals surface area contributed by atoms with Crippen LogP contribution in [0.25, 0.3) is 0 Å². The Balaban J connectivity index is 2.70. The van der Waals surface area contributed by atoms with Crippen LogP contribution in [0.15, 0.2) is 0 Å². The summed E-state index contributed by atoms with van der Waals surface area (Å²) in [5.41, 5.74) is 0. The molecule has 0 aromatic carbocycles. The third-order valence-electron chi connectivity index (χ3n) is 3.55. The van der Waals surface area contributed by atoms with E-state index in [-0.39, 0.29) is 12.6 Å². The van der Waals surface area contributed by atoms with E-state index in [4.69, 9.17) is 5.11 Å². The summed E-state index contributed by atoms with van der Waals surface area (Å²) in [7, 11) is 2.14. The Hall–Kier alpha value is -0.210. The normalized spacial score (nSPS) is 26.4. The predicted molar refractivity (Wildman–Crippen MR) is 71.5 cm³/mol. The van der Waals surface area contributed by atoms with Crippen molar-refractivity contribution in [3.63, 3.8) is 0 Å². The summed E-state index contributed by atoms with van der Waals surface area (Å²) in [6, 6.07) is 0.269. The van der Waals surface area contributed by atoms with E-state index in [1.165, 1.54) is 4.31 Å². The molecule has 0 radical (unpaired) electrons. The summed E-state index contributed by atoms with van der Waals surface area (Å²) in [5, 5.41) is 8.76. The van der Waals surface area contributed by atoms with Gasteiger partial charge in [-0.2, -0.15) is 17.0 Å². The number of rotatable bonds is 6. The van der Waals surface area contributed by atoms with Crippen LogP contribution < -0.4 is 0 Å². The highest BCUT2D eigenvalue weighted by Gasteiger charge is 2.38. The van der Waals surface area contributed by atoms with Gasteiger partial charge in [0.2, 0.25) is 0 Å². The van der Waals surface area contributed by atoms with Gasteiger partial charge in [0.1, 0.15) is 0 Å². The molecule has 1 aliphatic heterocycles. The van der Waals surface area contributed by atoms with Gasteiger partial charge in [-0.3, -0.25) is 0 Å². The second kappa shape index (κ2) is 6.29. The number of hydrogen-bond acceptors (Lipinski definition) is 4. The highest BCUT2D eigenvalue weighted by molar-refractivity contribution is 7.86. The van der Waals surface area contributed by atoms with Gasteiger partial charge in [0.25, 0.3) is 10.2 Å². The predicted octanol–water partition coefficient (Wildman–Crippen LogP) is -0.573. The first-order chi connectivity index (χ1) is 8.30. The molecule has 1 fully saturated rings. The molecule has 0 aromatic heterocycles. The number of nitrogens with zero attached hydrogens (tertiary/aromatic N) is 3. The van der Waals surface area contributed by atoms with Crippen molar-refractivity contribution in [2.45, 2.75) is 19.4 Å². The van der Waals surface area contributed by atoms with Gasteiger partial charge in [0.05, 0.1) is 0 Å². The summed E-state index contributed by atoms with van der Waals surface area (Å²) in [6.45, 7) is 3.55. The molecule has 1 N–H and O–H groups in total. The van der Waals surface area contributed by atoms with E-state index in [1.54, 1.807) is 11.4 Å². The minimum atomic E-state index is -3.38. The van der Waals surface area contributed by atoms with Crippen molar-refractivity contribution in [3.05, 3.63) is 0 Å². The van der Waals surface area contributed by atoms with E-state index in [2.05, 4.69) is 11.8 Å². The summed E-state index contributed by atoms with van der Waals surface area (Å²) in [5.74, 6) is 0.334. The molecule has 1 saturated heterocycles. The molecule has 108 valence electrons. The van der Waals surface area contributed by atoms with Crippen LogP contribution in [0.4, 0.5) is 0 Å². The summed E-state index contributed by atoms with van der Waals surface area (Å²) < 4.78 is 27.5. The van der Waals surface area contributed by atoms with Gasteiger partial charge in [-0.05, 0) is 26.4 Å². The molecule has 1 aliphatic rings. The van der Waals surface area contributed by atoms with Crippen molar-refractivity contribution >= 4 is 10.2 Å². The van der Waals surface area contributed by atoms with Crippen molar-refractivity contribution in [1.82, 2.24) is 13.5 Å². The van der Waals surface area contributed by atoms with E-state index in [0.717, 1.165) is 0 Å². The minimum absolute atomic E-state index is 0.0105. The number of likely N-dealkylation sites (N-methyl/N-ethyl adjacent to an activating group) is 1. The Bertz CT molecular complexity index is 359. The Labute approximate surface area is 110 Å². The average molecular weight is 279 g/mol. The van der Waals surface area contributed by atoms with Gasteiger partial charge in [0.15, 0.2) is 0 Å². The third kappa shape index (κ3) is 3.42. The third-order valence-corrected chi connectivity index (χ3v) is 5.47. The molecule has 0 spiro atoms. The van der Waals surface area contributed by atoms with E-state index < -0.39 is 10.2 Å². The average Bonchev–Trinajstić information content (AvgIpc) is 2.68. The lowest BCUT2D eigenvalue weighted by atomic mass is 10.1. The molecule has 2 atom stereocenters. The van der Waals surface area contributed by atoms with Crippen molar-refractivity contribution in [2.75, 3.05) is 47.4 Å². The molecule has 6 nitrogen and oxygen atoms in total. The maximum Gasteiger partial charge on any atom is 0.281 e. The lowest BCUT2D eigenvalue weighted by Crippen LogP contribution is -2.42. The van der Waals surface area contributed by atoms with Gasteiger partial charge in [-0.1, -0.05) is 6.92 Å². The fraction of sp³-hybridized carbons (Fsp3) is 1.00. The zero-order chi connectivity index (χ0) is 13.9. The fourth-order valence-electron chi connectivity index (χ4n) is 2.37. The Kier molecular flexibility index (Phi) is 5.54. The molecular formula is C11H25N3O3S. The van der Waals surface area contributed by atoms with Crippen LogP contribution in [0.2, 0.25) is 0 Å². The van der Waals surface area contributed by atoms with Gasteiger partial charge in [0, 0.05) is 39.3 Å². The molecule has 0 aromatic rings. The lowest BCUT2D eigenvalue weighted by Gasteiger charge is -2.25. The van der Waals surface area contributed by atoms with E-state index in [0.29, 0.717) is 32.0 Å². The number of aliphatic hydroxyl groups is 1. The highest BCUT2D eigenvalue weighted by atomic mass is 32.2. The van der Waals surface area contributed by atoms with Crippen LogP contribution in [-0.2, 0) is 10.2 Å². The first-order valence-corrected chi connectivity index (χ1v) is 7.69. The van der Waals surface area contributed by atoms with Crippen LogP contribution in [0, 0.1) is 5.92 Å². The summed E-state index contributed by atoms with van der Waals surface area (Å²) >= 11 is 0. The molecule has 2 unspecified atom stereocenters. The first-order valence-electron chi connectivity index (χ1n) is 6.29. The Morgan fingerprint density at radius 3 is 2.33 bits per heavy atom. The summed E-state index contributed by atoms with van der Waals surface area (Å²) in [6.07, 6.45) is 0.468. The van der Waals surface area contributed by atoms with Crippen LogP contribution in [-0.4, -0.2) is 80.5 Å². The topological polar surface area (TPSA) is 64.1 Å². The quantitative estimate of drug-likeness (QED) is 0.707. The summed E-state index contributed by atoms with van der Waals surface area (Å²) in [4.78, 5) is 2.08. The number of aliphatic hydroxyl groups excluding tert-OH is 1. The molecule has 0 aliphatic carbocycles. The maximum atomic E-state index is 12.3. The van der Waals surface area contributed by atoms with Gasteiger partial charge < -0.3 is 10.0 Å². The van der Waals surface area contributed by atoms with E-state index >= 15 is 0 Å². The van der Waals surface area contributed by atoms with Gasteiger partial charge >= 0.3 is 0 Å². The minimum Gasteiger partial charge on any atom is -0.396 e. The van der Waals surface area contributed by atoms with Crippen LogP contribution in [0.3, 0.4) is 0 Å². The van der Waals surface area contributed by atoms with Crippen molar-refractivity contribution in [1.29, 1.82) is 0 Å². The second-order valence-corrected chi connectivity index (χ2v) is 7.27. The first kappa shape index (κ1) is 15.8. The maximum absolute atomic E-state index is 12.3. The van der Waals surface area contributed by atoms with E-state index in [9.17, 15) is 8.42 Å². The number of hydrogen-bond donors (Lipinski definition) is 1. The molecule has 1 heterocycles. The van der Waals surface area contributed by atoms with Crippen molar-refractivity contribution in [2.24, 2.45) is 5.92 Å². The SMILES string of the molecule is CC1CN(S(=O)(=O)N(C)CCCO)CC1N(C)C. The zero-order valence-electron chi connectivity index (χ0n) is 11.7. The van der Waals surface area contributed by atoms with Gasteiger partial charge in [-0.15, -0.1) is 0 Å². The molecule has 1 rings (SSSR count). The smallest absolute Gasteiger partial charge is 0.281 e. The fourth-order valence-corrected chi connectivity index (χ4v) is 3.89. The molecule has 7 heteroatoms. The van der Waals surface area contributed by atoms with Crippen molar-refractivity contribution < 1.29 is 13.5 Å². The monoisotopic (exact) mass is 279 g/mol. The highest BCUT2D eigenvalue weighted by Crippen LogP contribution is 2.23. The van der Waals surface area contributed by atoms with Crippen LogP contribution in [0.5, 0.6) is 0 Å². The van der Waals surface area contributed by atoms with Crippen molar-refractivity contribution in [3.8, 4) is 0 Å². The molecule has 0 amide bonds. The Morgan fingerprint density at radius 1 is 1.28 bits per heavy atom. The zero-order valence-corrected chi connectivity index (χ0v) is 12.5. The standard InChI is InChI=1S/C11H25N3O3S/c1-10-8-14(9-11(10)12(2)3)18(16,17)13(4)6-5-7-15/h10-11,15H,5-9H2,1-4H3.